The molecule has 0 aliphatic carbocycles. The smallest absolute Gasteiger partial charge is 0.404 e. The highest BCUT2D eigenvalue weighted by Gasteiger charge is 2.46. The fourth-order valence-electron chi connectivity index (χ4n) is 5.15. The van der Waals surface area contributed by atoms with Crippen molar-refractivity contribution in [3.05, 3.63) is 71.8 Å². The van der Waals surface area contributed by atoms with Crippen LogP contribution in [0.3, 0.4) is 0 Å². The standard InChI is InChI=1S/C25H32IN3O2/c26-24-22(28-17-8-7-14-21(28)15-9-16-27-25(30)31)18-29(24)23(19-10-3-1-4-11-19)20-12-5-2-6-13-20/h1-6,10-13,21-24,27H,7-9,14-18H2,(H,30,31). The number of nitrogens with one attached hydrogen (secondary N) is 1. The summed E-state index contributed by atoms with van der Waals surface area (Å²) < 4.78 is 0.459. The number of hydrogen-bond donors (Lipinski definition) is 2. The second kappa shape index (κ2) is 10.8. The van der Waals surface area contributed by atoms with Crippen LogP contribution in [0, 0.1) is 0 Å². The van der Waals surface area contributed by atoms with Gasteiger partial charge in [0.2, 0.25) is 0 Å². The molecule has 2 aromatic rings. The molecule has 2 aliphatic rings. The highest BCUT2D eigenvalue weighted by atomic mass is 127. The zero-order chi connectivity index (χ0) is 21.6. The summed E-state index contributed by atoms with van der Waals surface area (Å²) in [7, 11) is 0. The number of benzene rings is 2. The van der Waals surface area contributed by atoms with E-state index in [1.54, 1.807) is 0 Å². The molecule has 3 unspecified atom stereocenters. The van der Waals surface area contributed by atoms with Crippen molar-refractivity contribution in [3.8, 4) is 0 Å². The fraction of sp³-hybridized carbons (Fsp3) is 0.480. The quantitative estimate of drug-likeness (QED) is 0.214. The van der Waals surface area contributed by atoms with E-state index in [1.807, 2.05) is 0 Å². The van der Waals surface area contributed by atoms with Crippen molar-refractivity contribution >= 4 is 28.7 Å². The van der Waals surface area contributed by atoms with Gasteiger partial charge in [-0.25, -0.2) is 4.79 Å². The van der Waals surface area contributed by atoms with Crippen LogP contribution in [0.5, 0.6) is 0 Å². The minimum Gasteiger partial charge on any atom is -0.465 e. The van der Waals surface area contributed by atoms with Crippen molar-refractivity contribution in [3.63, 3.8) is 0 Å². The lowest BCUT2D eigenvalue weighted by atomic mass is 9.89. The SMILES string of the molecule is O=C(O)NCCCC1CCCCN1C1CN(C(c2ccccc2)c2ccccc2)C1I. The third kappa shape index (κ3) is 5.41. The average molecular weight is 533 g/mol. The number of likely N-dealkylation sites (tertiary alicyclic amines) is 2. The maximum atomic E-state index is 10.7. The molecule has 2 N–H and O–H groups in total. The molecule has 0 saturated carbocycles. The van der Waals surface area contributed by atoms with E-state index in [-0.39, 0.29) is 6.04 Å². The molecule has 166 valence electrons. The van der Waals surface area contributed by atoms with Gasteiger partial charge in [0.05, 0.1) is 10.1 Å². The van der Waals surface area contributed by atoms with Crippen molar-refractivity contribution in [2.45, 2.75) is 54.3 Å². The van der Waals surface area contributed by atoms with Crippen LogP contribution in [0.1, 0.15) is 49.3 Å². The first-order valence-electron chi connectivity index (χ1n) is 11.4. The largest absolute Gasteiger partial charge is 0.465 e. The lowest BCUT2D eigenvalue weighted by molar-refractivity contribution is -0.0320. The lowest BCUT2D eigenvalue weighted by Crippen LogP contribution is -2.67. The summed E-state index contributed by atoms with van der Waals surface area (Å²) in [6, 6.07) is 23.1. The summed E-state index contributed by atoms with van der Waals surface area (Å²) in [5.41, 5.74) is 2.70. The first-order chi connectivity index (χ1) is 15.1. The van der Waals surface area contributed by atoms with E-state index in [4.69, 9.17) is 5.11 Å². The van der Waals surface area contributed by atoms with Crippen LogP contribution in [0.4, 0.5) is 4.79 Å². The van der Waals surface area contributed by atoms with E-state index in [1.165, 1.54) is 30.4 Å². The topological polar surface area (TPSA) is 55.8 Å². The Bertz CT molecular complexity index is 796. The summed E-state index contributed by atoms with van der Waals surface area (Å²) in [6.45, 7) is 2.79. The summed E-state index contributed by atoms with van der Waals surface area (Å²) in [5, 5.41) is 11.3. The van der Waals surface area contributed by atoms with E-state index in [9.17, 15) is 4.79 Å². The zero-order valence-electron chi connectivity index (χ0n) is 17.9. The van der Waals surface area contributed by atoms with Gasteiger partial charge in [-0.05, 0) is 43.4 Å². The molecule has 5 nitrogen and oxygen atoms in total. The van der Waals surface area contributed by atoms with E-state index in [0.717, 1.165) is 25.9 Å². The molecule has 2 fully saturated rings. The zero-order valence-corrected chi connectivity index (χ0v) is 20.0. The van der Waals surface area contributed by atoms with Gasteiger partial charge in [0.1, 0.15) is 0 Å². The number of hydrogen-bond acceptors (Lipinski definition) is 3. The van der Waals surface area contributed by atoms with Crippen molar-refractivity contribution in [2.75, 3.05) is 19.6 Å². The predicted octanol–water partition coefficient (Wildman–Crippen LogP) is 5.12. The Morgan fingerprint density at radius 3 is 2.29 bits per heavy atom. The molecule has 6 heteroatoms. The molecular weight excluding hydrogens is 501 g/mol. The second-order valence-electron chi connectivity index (χ2n) is 8.62. The van der Waals surface area contributed by atoms with Gasteiger partial charge >= 0.3 is 6.09 Å². The summed E-state index contributed by atoms with van der Waals surface area (Å²) in [4.78, 5) is 16.1. The Balaban J connectivity index is 1.44. The molecule has 0 spiro atoms. The third-order valence-electron chi connectivity index (χ3n) is 6.68. The summed E-state index contributed by atoms with van der Waals surface area (Å²) in [6.07, 6.45) is 4.84. The van der Waals surface area contributed by atoms with Crippen LogP contribution in [-0.2, 0) is 0 Å². The van der Waals surface area contributed by atoms with E-state index in [0.29, 0.717) is 22.7 Å². The molecule has 2 aromatic carbocycles. The van der Waals surface area contributed by atoms with E-state index >= 15 is 0 Å². The highest BCUT2D eigenvalue weighted by molar-refractivity contribution is 14.1. The molecular formula is C25H32IN3O2. The Hall–Kier alpha value is -1.64. The molecule has 2 heterocycles. The molecule has 3 atom stereocenters. The Morgan fingerprint density at radius 1 is 1.06 bits per heavy atom. The molecule has 0 radical (unpaired) electrons. The average Bonchev–Trinajstić information content (AvgIpc) is 2.80. The Kier molecular flexibility index (Phi) is 7.85. The summed E-state index contributed by atoms with van der Waals surface area (Å²) in [5.74, 6) is 0. The number of rotatable bonds is 8. The van der Waals surface area contributed by atoms with Crippen LogP contribution in [0.25, 0.3) is 0 Å². The number of piperidine rings is 1. The molecule has 2 saturated heterocycles. The Labute approximate surface area is 199 Å². The first-order valence-corrected chi connectivity index (χ1v) is 12.6. The number of nitrogens with zero attached hydrogens (tertiary/aromatic N) is 2. The van der Waals surface area contributed by atoms with Crippen molar-refractivity contribution in [1.29, 1.82) is 0 Å². The predicted molar refractivity (Wildman–Crippen MR) is 133 cm³/mol. The molecule has 0 aromatic heterocycles. The fourth-order valence-corrected chi connectivity index (χ4v) is 6.34. The van der Waals surface area contributed by atoms with Gasteiger partial charge in [-0.1, -0.05) is 89.7 Å². The second-order valence-corrected chi connectivity index (χ2v) is 9.90. The molecule has 1 amide bonds. The van der Waals surface area contributed by atoms with Crippen LogP contribution in [0.15, 0.2) is 60.7 Å². The number of amides is 1. The van der Waals surface area contributed by atoms with Gasteiger partial charge in [-0.3, -0.25) is 9.80 Å². The lowest BCUT2D eigenvalue weighted by Gasteiger charge is -2.56. The first kappa shape index (κ1) is 22.6. The minimum absolute atomic E-state index is 0.281. The van der Waals surface area contributed by atoms with Crippen molar-refractivity contribution in [2.24, 2.45) is 0 Å². The van der Waals surface area contributed by atoms with Gasteiger partial charge in [0.15, 0.2) is 0 Å². The molecule has 31 heavy (non-hydrogen) atoms. The van der Waals surface area contributed by atoms with Gasteiger partial charge < -0.3 is 10.4 Å². The third-order valence-corrected chi connectivity index (χ3v) is 8.23. The highest BCUT2D eigenvalue weighted by Crippen LogP contribution is 2.42. The van der Waals surface area contributed by atoms with Gasteiger partial charge in [-0.2, -0.15) is 0 Å². The molecule has 0 bridgehead atoms. The number of alkyl halides is 1. The monoisotopic (exact) mass is 533 g/mol. The van der Waals surface area contributed by atoms with Crippen molar-refractivity contribution in [1.82, 2.24) is 15.1 Å². The number of halogens is 1. The molecule has 4 rings (SSSR count). The van der Waals surface area contributed by atoms with Crippen LogP contribution in [0.2, 0.25) is 0 Å². The maximum Gasteiger partial charge on any atom is 0.404 e. The maximum absolute atomic E-state index is 10.7. The van der Waals surface area contributed by atoms with Crippen LogP contribution in [-0.4, -0.2) is 56.8 Å². The van der Waals surface area contributed by atoms with Crippen molar-refractivity contribution < 1.29 is 9.90 Å². The van der Waals surface area contributed by atoms with Gasteiger partial charge in [0.25, 0.3) is 0 Å². The van der Waals surface area contributed by atoms with E-state index in [2.05, 4.69) is 98.4 Å². The Morgan fingerprint density at radius 2 is 1.71 bits per heavy atom. The normalized spacial score (nSPS) is 24.6. The summed E-state index contributed by atoms with van der Waals surface area (Å²) >= 11 is 2.65. The number of carbonyl (C=O) groups is 1. The van der Waals surface area contributed by atoms with Crippen LogP contribution >= 0.6 is 22.6 Å². The van der Waals surface area contributed by atoms with Crippen LogP contribution < -0.4 is 5.32 Å². The molecule has 2 aliphatic heterocycles. The van der Waals surface area contributed by atoms with E-state index < -0.39 is 6.09 Å². The van der Waals surface area contributed by atoms with Gasteiger partial charge in [0, 0.05) is 25.2 Å². The minimum atomic E-state index is -0.921. The van der Waals surface area contributed by atoms with Gasteiger partial charge in [-0.15, -0.1) is 0 Å². The number of carboxylic acid groups (broad SMARTS) is 1.